The lowest BCUT2D eigenvalue weighted by Crippen LogP contribution is -2.18. The molecular formula is C10H16N2. The summed E-state index contributed by atoms with van der Waals surface area (Å²) in [5.41, 5.74) is 9.29. The summed E-state index contributed by atoms with van der Waals surface area (Å²) < 4.78 is 0. The van der Waals surface area contributed by atoms with Crippen LogP contribution in [0.25, 0.3) is 0 Å². The topological polar surface area (TPSA) is 38.9 Å². The molecule has 1 aromatic heterocycles. The zero-order valence-electron chi connectivity index (χ0n) is 7.96. The van der Waals surface area contributed by atoms with Crippen molar-refractivity contribution < 1.29 is 0 Å². The Bertz CT molecular complexity index is 267. The highest BCUT2D eigenvalue weighted by atomic mass is 14.7. The van der Waals surface area contributed by atoms with Crippen molar-refractivity contribution in [2.75, 3.05) is 0 Å². The fourth-order valence-corrected chi connectivity index (χ4v) is 1.12. The summed E-state index contributed by atoms with van der Waals surface area (Å²) in [5.74, 6) is 0. The van der Waals surface area contributed by atoms with E-state index in [4.69, 9.17) is 5.73 Å². The minimum Gasteiger partial charge on any atom is -0.328 e. The van der Waals surface area contributed by atoms with Gasteiger partial charge >= 0.3 is 0 Å². The van der Waals surface area contributed by atoms with Crippen LogP contribution in [-0.4, -0.2) is 11.0 Å². The van der Waals surface area contributed by atoms with Crippen LogP contribution in [0.1, 0.15) is 23.7 Å². The van der Waals surface area contributed by atoms with Gasteiger partial charge in [-0.05, 0) is 38.0 Å². The average molecular weight is 164 g/mol. The van der Waals surface area contributed by atoms with Gasteiger partial charge in [0.1, 0.15) is 0 Å². The molecule has 1 rings (SSSR count). The van der Waals surface area contributed by atoms with Gasteiger partial charge in [-0.2, -0.15) is 0 Å². The molecule has 0 bridgehead atoms. The van der Waals surface area contributed by atoms with Crippen molar-refractivity contribution in [1.29, 1.82) is 0 Å². The van der Waals surface area contributed by atoms with Crippen molar-refractivity contribution in [3.05, 3.63) is 29.1 Å². The van der Waals surface area contributed by atoms with Gasteiger partial charge in [0, 0.05) is 24.4 Å². The Kier molecular flexibility index (Phi) is 2.82. The van der Waals surface area contributed by atoms with Crippen LogP contribution in [0.5, 0.6) is 0 Å². The summed E-state index contributed by atoms with van der Waals surface area (Å²) >= 11 is 0. The fraction of sp³-hybridized carbons (Fsp3) is 0.500. The molecule has 2 N–H and O–H groups in total. The van der Waals surface area contributed by atoms with Crippen molar-refractivity contribution in [2.24, 2.45) is 5.73 Å². The van der Waals surface area contributed by atoms with E-state index in [-0.39, 0.29) is 6.04 Å². The maximum absolute atomic E-state index is 5.67. The predicted octanol–water partition coefficient (Wildman–Crippen LogP) is 1.59. The van der Waals surface area contributed by atoms with Gasteiger partial charge in [-0.1, -0.05) is 0 Å². The van der Waals surface area contributed by atoms with Crippen LogP contribution < -0.4 is 5.73 Å². The first-order valence-electron chi connectivity index (χ1n) is 4.27. The van der Waals surface area contributed by atoms with Crippen LogP contribution in [-0.2, 0) is 6.42 Å². The molecule has 0 aliphatic rings. The Morgan fingerprint density at radius 2 is 2.08 bits per heavy atom. The lowest BCUT2D eigenvalue weighted by atomic mass is 10.1. The molecule has 0 aliphatic heterocycles. The third kappa shape index (κ3) is 2.31. The van der Waals surface area contributed by atoms with E-state index in [2.05, 4.69) is 24.9 Å². The Morgan fingerprint density at radius 3 is 2.58 bits per heavy atom. The molecule has 0 saturated carbocycles. The first kappa shape index (κ1) is 9.20. The average Bonchev–Trinajstić information content (AvgIpc) is 1.96. The number of hydrogen-bond acceptors (Lipinski definition) is 2. The van der Waals surface area contributed by atoms with E-state index < -0.39 is 0 Å². The lowest BCUT2D eigenvalue weighted by molar-refractivity contribution is 0.721. The van der Waals surface area contributed by atoms with Crippen LogP contribution >= 0.6 is 0 Å². The Labute approximate surface area is 73.8 Å². The first-order valence-corrected chi connectivity index (χ1v) is 4.27. The monoisotopic (exact) mass is 164 g/mol. The molecule has 2 heteroatoms. The molecule has 12 heavy (non-hydrogen) atoms. The third-order valence-electron chi connectivity index (χ3n) is 1.96. The highest BCUT2D eigenvalue weighted by Gasteiger charge is 2.00. The molecule has 0 saturated heterocycles. The van der Waals surface area contributed by atoms with Crippen molar-refractivity contribution in [3.63, 3.8) is 0 Å². The number of aromatic nitrogens is 1. The van der Waals surface area contributed by atoms with Crippen molar-refractivity contribution in [2.45, 2.75) is 33.2 Å². The van der Waals surface area contributed by atoms with E-state index >= 15 is 0 Å². The van der Waals surface area contributed by atoms with E-state index in [0.29, 0.717) is 0 Å². The van der Waals surface area contributed by atoms with E-state index in [1.54, 1.807) is 0 Å². The number of rotatable bonds is 2. The van der Waals surface area contributed by atoms with Gasteiger partial charge < -0.3 is 5.73 Å². The zero-order valence-corrected chi connectivity index (χ0v) is 7.96. The minimum absolute atomic E-state index is 0.194. The van der Waals surface area contributed by atoms with Gasteiger partial charge in [0.2, 0.25) is 0 Å². The second-order valence-corrected chi connectivity index (χ2v) is 3.44. The van der Waals surface area contributed by atoms with E-state index in [9.17, 15) is 0 Å². The molecule has 0 fully saturated rings. The Balaban J connectivity index is 2.82. The predicted molar refractivity (Wildman–Crippen MR) is 51.1 cm³/mol. The standard InChI is InChI=1S/C10H16N2/c1-7-4-10(5-9(3)11)12-6-8(7)2/h4,6,9H,5,11H2,1-3H3. The lowest BCUT2D eigenvalue weighted by Gasteiger charge is -2.06. The van der Waals surface area contributed by atoms with Crippen LogP contribution in [0.2, 0.25) is 0 Å². The molecule has 2 nitrogen and oxygen atoms in total. The van der Waals surface area contributed by atoms with Gasteiger partial charge in [0.25, 0.3) is 0 Å². The van der Waals surface area contributed by atoms with E-state index in [1.807, 2.05) is 13.1 Å². The number of nitrogens with two attached hydrogens (primary N) is 1. The quantitative estimate of drug-likeness (QED) is 0.721. The molecule has 1 unspecified atom stereocenters. The van der Waals surface area contributed by atoms with E-state index in [0.717, 1.165) is 12.1 Å². The molecule has 66 valence electrons. The molecule has 1 aromatic rings. The van der Waals surface area contributed by atoms with Crippen molar-refractivity contribution in [1.82, 2.24) is 4.98 Å². The third-order valence-corrected chi connectivity index (χ3v) is 1.96. The summed E-state index contributed by atoms with van der Waals surface area (Å²) in [4.78, 5) is 4.30. The maximum Gasteiger partial charge on any atom is 0.0421 e. The Hall–Kier alpha value is -0.890. The summed E-state index contributed by atoms with van der Waals surface area (Å²) in [6, 6.07) is 2.30. The summed E-state index contributed by atoms with van der Waals surface area (Å²) in [5, 5.41) is 0. The van der Waals surface area contributed by atoms with Gasteiger partial charge in [0.15, 0.2) is 0 Å². The van der Waals surface area contributed by atoms with Crippen LogP contribution in [0.3, 0.4) is 0 Å². The summed E-state index contributed by atoms with van der Waals surface area (Å²) in [7, 11) is 0. The van der Waals surface area contributed by atoms with Gasteiger partial charge in [-0.25, -0.2) is 0 Å². The Morgan fingerprint density at radius 1 is 1.42 bits per heavy atom. The van der Waals surface area contributed by atoms with Crippen LogP contribution in [0, 0.1) is 13.8 Å². The minimum atomic E-state index is 0.194. The zero-order chi connectivity index (χ0) is 9.14. The fourth-order valence-electron chi connectivity index (χ4n) is 1.12. The van der Waals surface area contributed by atoms with Crippen molar-refractivity contribution >= 4 is 0 Å². The second kappa shape index (κ2) is 3.68. The van der Waals surface area contributed by atoms with Crippen molar-refractivity contribution in [3.8, 4) is 0 Å². The second-order valence-electron chi connectivity index (χ2n) is 3.44. The SMILES string of the molecule is Cc1cnc(CC(C)N)cc1C. The molecular weight excluding hydrogens is 148 g/mol. The van der Waals surface area contributed by atoms with Gasteiger partial charge in [0.05, 0.1) is 0 Å². The number of hydrogen-bond donors (Lipinski definition) is 1. The van der Waals surface area contributed by atoms with Gasteiger partial charge in [-0.15, -0.1) is 0 Å². The van der Waals surface area contributed by atoms with Crippen LogP contribution in [0.15, 0.2) is 12.3 Å². The number of aryl methyl sites for hydroxylation is 2. The van der Waals surface area contributed by atoms with E-state index in [1.165, 1.54) is 11.1 Å². The van der Waals surface area contributed by atoms with Crippen LogP contribution in [0.4, 0.5) is 0 Å². The molecule has 0 radical (unpaired) electrons. The number of pyridine rings is 1. The first-order chi connectivity index (χ1) is 5.59. The molecule has 0 aromatic carbocycles. The molecule has 0 spiro atoms. The smallest absolute Gasteiger partial charge is 0.0421 e. The molecule has 1 heterocycles. The molecule has 0 aliphatic carbocycles. The molecule has 0 amide bonds. The summed E-state index contributed by atoms with van der Waals surface area (Å²) in [6.07, 6.45) is 2.77. The maximum atomic E-state index is 5.67. The van der Waals surface area contributed by atoms with Gasteiger partial charge in [-0.3, -0.25) is 4.98 Å². The highest BCUT2D eigenvalue weighted by molar-refractivity contribution is 5.24. The highest BCUT2D eigenvalue weighted by Crippen LogP contribution is 2.07. The number of nitrogens with zero attached hydrogens (tertiary/aromatic N) is 1. The largest absolute Gasteiger partial charge is 0.328 e. The normalized spacial score (nSPS) is 13.0. The summed E-state index contributed by atoms with van der Waals surface area (Å²) in [6.45, 7) is 6.16. The molecule has 1 atom stereocenters.